The van der Waals surface area contributed by atoms with E-state index in [4.69, 9.17) is 26.8 Å². The highest BCUT2D eigenvalue weighted by molar-refractivity contribution is 6.29. The van der Waals surface area contributed by atoms with Crippen molar-refractivity contribution in [3.05, 3.63) is 22.8 Å². The van der Waals surface area contributed by atoms with Crippen molar-refractivity contribution in [2.45, 2.75) is 32.5 Å². The Morgan fingerprint density at radius 2 is 2.32 bits per heavy atom. The van der Waals surface area contributed by atoms with Crippen molar-refractivity contribution in [2.24, 2.45) is 5.73 Å². The van der Waals surface area contributed by atoms with Crippen LogP contribution in [-0.4, -0.2) is 36.2 Å². The number of anilines is 1. The summed E-state index contributed by atoms with van der Waals surface area (Å²) in [6.45, 7) is 2.80. The molecule has 0 bridgehead atoms. The maximum absolute atomic E-state index is 11.8. The number of carbonyl (C=O) groups is 2. The summed E-state index contributed by atoms with van der Waals surface area (Å²) >= 11 is 6.00. The van der Waals surface area contributed by atoms with E-state index in [0.717, 1.165) is 12.0 Å². The van der Waals surface area contributed by atoms with E-state index in [1.54, 1.807) is 24.0 Å². The van der Waals surface area contributed by atoms with E-state index in [1.807, 2.05) is 0 Å². The van der Waals surface area contributed by atoms with Gasteiger partial charge in [0.15, 0.2) is 0 Å². The van der Waals surface area contributed by atoms with Crippen LogP contribution in [0, 0.1) is 0 Å². The molecule has 1 aromatic rings. The molecule has 1 aliphatic rings. The number of primary amides is 1. The van der Waals surface area contributed by atoms with Gasteiger partial charge in [0.25, 0.3) is 0 Å². The SMILES string of the molecule is CC(COCc1cc(Cl)nc(N2CCCC2=O)c1)OC(N)=O. The van der Waals surface area contributed by atoms with Gasteiger partial charge in [-0.3, -0.25) is 9.69 Å². The van der Waals surface area contributed by atoms with Crippen LogP contribution in [0.2, 0.25) is 5.15 Å². The van der Waals surface area contributed by atoms with Crippen LogP contribution in [0.4, 0.5) is 10.6 Å². The van der Waals surface area contributed by atoms with E-state index in [2.05, 4.69) is 4.98 Å². The molecule has 1 unspecified atom stereocenters. The third-order valence-corrected chi connectivity index (χ3v) is 3.32. The zero-order chi connectivity index (χ0) is 16.1. The third kappa shape index (κ3) is 4.57. The normalized spacial score (nSPS) is 15.9. The first-order valence-electron chi connectivity index (χ1n) is 6.96. The third-order valence-electron chi connectivity index (χ3n) is 3.13. The summed E-state index contributed by atoms with van der Waals surface area (Å²) in [5.41, 5.74) is 5.71. The van der Waals surface area contributed by atoms with Crippen molar-refractivity contribution >= 4 is 29.4 Å². The second kappa shape index (κ2) is 7.42. The van der Waals surface area contributed by atoms with Crippen molar-refractivity contribution in [1.29, 1.82) is 0 Å². The highest BCUT2D eigenvalue weighted by Crippen LogP contribution is 2.23. The predicted molar refractivity (Wildman–Crippen MR) is 80.6 cm³/mol. The van der Waals surface area contributed by atoms with Crippen LogP contribution in [-0.2, 0) is 20.9 Å². The van der Waals surface area contributed by atoms with Gasteiger partial charge in [0.1, 0.15) is 17.1 Å². The maximum Gasteiger partial charge on any atom is 0.404 e. The van der Waals surface area contributed by atoms with Gasteiger partial charge in [-0.2, -0.15) is 0 Å². The van der Waals surface area contributed by atoms with Gasteiger partial charge in [-0.25, -0.2) is 9.78 Å². The van der Waals surface area contributed by atoms with Crippen LogP contribution >= 0.6 is 11.6 Å². The summed E-state index contributed by atoms with van der Waals surface area (Å²) < 4.78 is 10.2. The second-order valence-corrected chi connectivity index (χ2v) is 5.46. The minimum atomic E-state index is -0.835. The Morgan fingerprint density at radius 1 is 1.55 bits per heavy atom. The maximum atomic E-state index is 11.8. The van der Waals surface area contributed by atoms with Crippen LogP contribution in [0.15, 0.2) is 12.1 Å². The Morgan fingerprint density at radius 3 is 2.95 bits per heavy atom. The van der Waals surface area contributed by atoms with Crippen LogP contribution in [0.1, 0.15) is 25.3 Å². The molecule has 1 saturated heterocycles. The van der Waals surface area contributed by atoms with Gasteiger partial charge in [-0.15, -0.1) is 0 Å². The zero-order valence-corrected chi connectivity index (χ0v) is 13.0. The number of nitrogens with two attached hydrogens (primary N) is 1. The fourth-order valence-corrected chi connectivity index (χ4v) is 2.45. The Hall–Kier alpha value is -1.86. The van der Waals surface area contributed by atoms with Crippen LogP contribution < -0.4 is 10.6 Å². The summed E-state index contributed by atoms with van der Waals surface area (Å²) in [6, 6.07) is 3.44. The van der Waals surface area contributed by atoms with Gasteiger partial charge in [-0.05, 0) is 31.0 Å². The molecule has 0 saturated carbocycles. The van der Waals surface area contributed by atoms with Gasteiger partial charge in [0.2, 0.25) is 5.91 Å². The Kier molecular flexibility index (Phi) is 5.57. The molecule has 7 nitrogen and oxygen atoms in total. The lowest BCUT2D eigenvalue weighted by Gasteiger charge is -2.16. The van der Waals surface area contributed by atoms with Crippen molar-refractivity contribution in [1.82, 2.24) is 4.98 Å². The molecule has 0 spiro atoms. The second-order valence-electron chi connectivity index (χ2n) is 5.07. The van der Waals surface area contributed by atoms with E-state index < -0.39 is 12.2 Å². The molecule has 8 heteroatoms. The smallest absolute Gasteiger partial charge is 0.404 e. The van der Waals surface area contributed by atoms with Gasteiger partial charge in [0, 0.05) is 13.0 Å². The van der Waals surface area contributed by atoms with Crippen molar-refractivity contribution in [3.8, 4) is 0 Å². The van der Waals surface area contributed by atoms with Crippen molar-refractivity contribution in [2.75, 3.05) is 18.1 Å². The van der Waals surface area contributed by atoms with Crippen molar-refractivity contribution < 1.29 is 19.1 Å². The van der Waals surface area contributed by atoms with E-state index in [-0.39, 0.29) is 19.1 Å². The number of halogens is 1. The molecule has 2 rings (SSSR count). The number of amides is 2. The minimum Gasteiger partial charge on any atom is -0.444 e. The summed E-state index contributed by atoms with van der Waals surface area (Å²) in [6.07, 6.45) is 0.0790. The molecule has 2 amide bonds. The summed E-state index contributed by atoms with van der Waals surface area (Å²) in [7, 11) is 0. The molecule has 2 N–H and O–H groups in total. The standard InChI is InChI=1S/C14H18ClN3O4/c1-9(22-14(16)20)7-21-8-10-5-11(15)17-12(6-10)18-4-2-3-13(18)19/h5-6,9H,2-4,7-8H2,1H3,(H2,16,20). The number of carbonyl (C=O) groups excluding carboxylic acids is 2. The van der Waals surface area contributed by atoms with E-state index in [1.165, 1.54) is 0 Å². The summed E-state index contributed by atoms with van der Waals surface area (Å²) in [4.78, 5) is 28.1. The molecular formula is C14H18ClN3O4. The molecule has 0 aliphatic carbocycles. The lowest BCUT2D eigenvalue weighted by molar-refractivity contribution is -0.117. The summed E-state index contributed by atoms with van der Waals surface area (Å²) in [5, 5.41) is 0.303. The quantitative estimate of drug-likeness (QED) is 0.805. The molecule has 1 aliphatic heterocycles. The average molecular weight is 328 g/mol. The molecule has 1 atom stereocenters. The highest BCUT2D eigenvalue weighted by atomic mass is 35.5. The van der Waals surface area contributed by atoms with Gasteiger partial charge in [0.05, 0.1) is 13.2 Å². The molecule has 22 heavy (non-hydrogen) atoms. The van der Waals surface area contributed by atoms with Crippen molar-refractivity contribution in [3.63, 3.8) is 0 Å². The highest BCUT2D eigenvalue weighted by Gasteiger charge is 2.23. The fraction of sp³-hybridized carbons (Fsp3) is 0.500. The van der Waals surface area contributed by atoms with E-state index in [9.17, 15) is 9.59 Å². The number of nitrogens with zero attached hydrogens (tertiary/aromatic N) is 2. The first-order valence-corrected chi connectivity index (χ1v) is 7.34. The predicted octanol–water partition coefficient (Wildman–Crippen LogP) is 1.86. The van der Waals surface area contributed by atoms with Gasteiger partial charge < -0.3 is 15.2 Å². The van der Waals surface area contributed by atoms with Gasteiger partial charge in [-0.1, -0.05) is 11.6 Å². The number of aromatic nitrogens is 1. The van der Waals surface area contributed by atoms with E-state index >= 15 is 0 Å². The molecule has 0 radical (unpaired) electrons. The lowest BCUT2D eigenvalue weighted by atomic mass is 10.2. The Bertz CT molecular complexity index is 567. The fourth-order valence-electron chi connectivity index (χ4n) is 2.22. The lowest BCUT2D eigenvalue weighted by Crippen LogP contribution is -2.25. The number of rotatable bonds is 6. The van der Waals surface area contributed by atoms with Crippen LogP contribution in [0.25, 0.3) is 0 Å². The molecule has 2 heterocycles. The van der Waals surface area contributed by atoms with E-state index in [0.29, 0.717) is 23.9 Å². The monoisotopic (exact) mass is 327 g/mol. The van der Waals surface area contributed by atoms with Crippen LogP contribution in [0.5, 0.6) is 0 Å². The number of hydrogen-bond donors (Lipinski definition) is 1. The molecular weight excluding hydrogens is 310 g/mol. The Balaban J connectivity index is 1.95. The average Bonchev–Trinajstić information content (AvgIpc) is 2.83. The Labute approximate surface area is 133 Å². The number of ether oxygens (including phenoxy) is 2. The number of hydrogen-bond acceptors (Lipinski definition) is 5. The molecule has 1 aromatic heterocycles. The minimum absolute atomic E-state index is 0.0464. The first-order chi connectivity index (χ1) is 10.5. The number of pyridine rings is 1. The largest absolute Gasteiger partial charge is 0.444 e. The van der Waals surface area contributed by atoms with Crippen LogP contribution in [0.3, 0.4) is 0 Å². The molecule has 120 valence electrons. The molecule has 1 fully saturated rings. The zero-order valence-electron chi connectivity index (χ0n) is 12.3. The van der Waals surface area contributed by atoms with Gasteiger partial charge >= 0.3 is 6.09 Å². The topological polar surface area (TPSA) is 94.8 Å². The first kappa shape index (κ1) is 16.5. The summed E-state index contributed by atoms with van der Waals surface area (Å²) in [5.74, 6) is 0.583. The molecule has 0 aromatic carbocycles.